The standard InChI is InChI=1S/C9H19NO2/c1-8(11)6-10-4-3-5-12-9(2)7-10/h8-9,11H,3-7H2,1-2H3/t8-,9?/m1/s1. The molecule has 0 aliphatic carbocycles. The molecule has 3 nitrogen and oxygen atoms in total. The second-order valence-corrected chi connectivity index (χ2v) is 3.64. The average Bonchev–Trinajstić information content (AvgIpc) is 2.12. The van der Waals surface area contributed by atoms with Crippen molar-refractivity contribution in [3.63, 3.8) is 0 Å². The molecule has 0 aromatic rings. The molecule has 72 valence electrons. The molecule has 3 heteroatoms. The number of hydrogen-bond donors (Lipinski definition) is 1. The van der Waals surface area contributed by atoms with Crippen LogP contribution in [0, 0.1) is 0 Å². The highest BCUT2D eigenvalue weighted by atomic mass is 16.5. The molecule has 0 aromatic carbocycles. The topological polar surface area (TPSA) is 32.7 Å². The minimum atomic E-state index is -0.227. The Kier molecular flexibility index (Phi) is 3.98. The van der Waals surface area contributed by atoms with Crippen molar-refractivity contribution >= 4 is 0 Å². The summed E-state index contributed by atoms with van der Waals surface area (Å²) in [6, 6.07) is 0. The van der Waals surface area contributed by atoms with Crippen LogP contribution >= 0.6 is 0 Å². The second kappa shape index (κ2) is 4.80. The van der Waals surface area contributed by atoms with E-state index in [1.807, 2.05) is 6.92 Å². The van der Waals surface area contributed by atoms with Crippen LogP contribution in [0.4, 0.5) is 0 Å². The van der Waals surface area contributed by atoms with E-state index in [9.17, 15) is 5.11 Å². The average molecular weight is 173 g/mol. The van der Waals surface area contributed by atoms with E-state index in [-0.39, 0.29) is 6.10 Å². The van der Waals surface area contributed by atoms with Gasteiger partial charge in [0.2, 0.25) is 0 Å². The normalized spacial score (nSPS) is 29.8. The number of hydrogen-bond acceptors (Lipinski definition) is 3. The first-order chi connectivity index (χ1) is 5.68. The van der Waals surface area contributed by atoms with E-state index in [4.69, 9.17) is 4.74 Å². The Balaban J connectivity index is 2.31. The van der Waals surface area contributed by atoms with Gasteiger partial charge < -0.3 is 9.84 Å². The van der Waals surface area contributed by atoms with Crippen molar-refractivity contribution in [2.24, 2.45) is 0 Å². The molecule has 0 saturated carbocycles. The van der Waals surface area contributed by atoms with Gasteiger partial charge in [0, 0.05) is 26.2 Å². The zero-order valence-electron chi connectivity index (χ0n) is 7.99. The first-order valence-electron chi connectivity index (χ1n) is 4.70. The molecule has 1 aliphatic rings. The zero-order valence-corrected chi connectivity index (χ0v) is 7.99. The third-order valence-electron chi connectivity index (χ3n) is 2.06. The minimum absolute atomic E-state index is 0.227. The van der Waals surface area contributed by atoms with Gasteiger partial charge in [-0.05, 0) is 20.3 Å². The molecular weight excluding hydrogens is 154 g/mol. The van der Waals surface area contributed by atoms with Crippen LogP contribution < -0.4 is 0 Å². The molecule has 0 bridgehead atoms. The second-order valence-electron chi connectivity index (χ2n) is 3.64. The Hall–Kier alpha value is -0.120. The van der Waals surface area contributed by atoms with Crippen LogP contribution in [0.1, 0.15) is 20.3 Å². The van der Waals surface area contributed by atoms with Crippen LogP contribution in [-0.4, -0.2) is 48.5 Å². The molecule has 1 heterocycles. The van der Waals surface area contributed by atoms with Crippen molar-refractivity contribution in [3.8, 4) is 0 Å². The van der Waals surface area contributed by atoms with Gasteiger partial charge in [-0.2, -0.15) is 0 Å². The van der Waals surface area contributed by atoms with Crippen LogP contribution in [0.25, 0.3) is 0 Å². The van der Waals surface area contributed by atoms with Crippen molar-refractivity contribution in [1.82, 2.24) is 4.90 Å². The molecule has 0 radical (unpaired) electrons. The van der Waals surface area contributed by atoms with E-state index in [1.165, 1.54) is 0 Å². The maximum absolute atomic E-state index is 9.20. The fourth-order valence-corrected chi connectivity index (χ4v) is 1.62. The number of β-amino-alcohol motifs (C(OH)–C–C–N with tert-alkyl or cyclic N) is 1. The van der Waals surface area contributed by atoms with Gasteiger partial charge in [0.05, 0.1) is 12.2 Å². The SMILES string of the molecule is CC1CN(C[C@@H](C)O)CCCO1. The van der Waals surface area contributed by atoms with Crippen molar-refractivity contribution in [1.29, 1.82) is 0 Å². The maximum atomic E-state index is 9.20. The van der Waals surface area contributed by atoms with Crippen molar-refractivity contribution in [2.75, 3.05) is 26.2 Å². The molecule has 2 atom stereocenters. The molecular formula is C9H19NO2. The Bertz CT molecular complexity index is 128. The maximum Gasteiger partial charge on any atom is 0.0673 e. The summed E-state index contributed by atoms with van der Waals surface area (Å²) in [7, 11) is 0. The molecule has 0 spiro atoms. The van der Waals surface area contributed by atoms with Crippen LogP contribution in [0.3, 0.4) is 0 Å². The molecule has 1 unspecified atom stereocenters. The summed E-state index contributed by atoms with van der Waals surface area (Å²) in [5.74, 6) is 0. The van der Waals surface area contributed by atoms with Gasteiger partial charge in [0.15, 0.2) is 0 Å². The van der Waals surface area contributed by atoms with Gasteiger partial charge in [-0.3, -0.25) is 4.90 Å². The first kappa shape index (κ1) is 9.96. The van der Waals surface area contributed by atoms with E-state index in [2.05, 4.69) is 11.8 Å². The minimum Gasteiger partial charge on any atom is -0.392 e. The van der Waals surface area contributed by atoms with Gasteiger partial charge in [-0.1, -0.05) is 0 Å². The summed E-state index contributed by atoms with van der Waals surface area (Å²) in [6.45, 7) is 7.54. The van der Waals surface area contributed by atoms with E-state index < -0.39 is 0 Å². The summed E-state index contributed by atoms with van der Waals surface area (Å²) in [5.41, 5.74) is 0. The lowest BCUT2D eigenvalue weighted by molar-refractivity contribution is 0.0588. The fourth-order valence-electron chi connectivity index (χ4n) is 1.62. The highest BCUT2D eigenvalue weighted by molar-refractivity contribution is 4.68. The van der Waals surface area contributed by atoms with Gasteiger partial charge in [0.1, 0.15) is 0 Å². The smallest absolute Gasteiger partial charge is 0.0673 e. The molecule has 1 N–H and O–H groups in total. The molecule has 1 fully saturated rings. The zero-order chi connectivity index (χ0) is 8.97. The number of rotatable bonds is 2. The third kappa shape index (κ3) is 3.52. The van der Waals surface area contributed by atoms with Crippen LogP contribution in [0.15, 0.2) is 0 Å². The van der Waals surface area contributed by atoms with Crippen molar-refractivity contribution in [2.45, 2.75) is 32.5 Å². The number of aliphatic hydroxyl groups is 1. The lowest BCUT2D eigenvalue weighted by atomic mass is 10.3. The van der Waals surface area contributed by atoms with E-state index in [1.54, 1.807) is 0 Å². The number of aliphatic hydroxyl groups excluding tert-OH is 1. The summed E-state index contributed by atoms with van der Waals surface area (Å²) in [5, 5.41) is 9.20. The van der Waals surface area contributed by atoms with E-state index in [0.717, 1.165) is 32.7 Å². The molecule has 12 heavy (non-hydrogen) atoms. The summed E-state index contributed by atoms with van der Waals surface area (Å²) in [4.78, 5) is 2.27. The number of nitrogens with zero attached hydrogens (tertiary/aromatic N) is 1. The Labute approximate surface area is 74.3 Å². The van der Waals surface area contributed by atoms with E-state index in [0.29, 0.717) is 6.10 Å². The lowest BCUT2D eigenvalue weighted by Crippen LogP contribution is -2.35. The van der Waals surface area contributed by atoms with Gasteiger partial charge in [-0.25, -0.2) is 0 Å². The van der Waals surface area contributed by atoms with Gasteiger partial charge in [0.25, 0.3) is 0 Å². The van der Waals surface area contributed by atoms with Crippen molar-refractivity contribution in [3.05, 3.63) is 0 Å². The first-order valence-corrected chi connectivity index (χ1v) is 4.70. The van der Waals surface area contributed by atoms with Crippen LogP contribution in [0.2, 0.25) is 0 Å². The third-order valence-corrected chi connectivity index (χ3v) is 2.06. The fraction of sp³-hybridized carbons (Fsp3) is 1.00. The Morgan fingerprint density at radius 2 is 2.42 bits per heavy atom. The Morgan fingerprint density at radius 1 is 1.67 bits per heavy atom. The van der Waals surface area contributed by atoms with Crippen LogP contribution in [0.5, 0.6) is 0 Å². The van der Waals surface area contributed by atoms with Crippen LogP contribution in [-0.2, 0) is 4.74 Å². The Morgan fingerprint density at radius 3 is 3.08 bits per heavy atom. The largest absolute Gasteiger partial charge is 0.392 e. The molecule has 0 aromatic heterocycles. The molecule has 0 amide bonds. The lowest BCUT2D eigenvalue weighted by Gasteiger charge is -2.22. The predicted molar refractivity (Wildman–Crippen MR) is 48.2 cm³/mol. The molecule has 1 saturated heterocycles. The summed E-state index contributed by atoms with van der Waals surface area (Å²) in [6.07, 6.45) is 1.17. The summed E-state index contributed by atoms with van der Waals surface area (Å²) < 4.78 is 5.49. The van der Waals surface area contributed by atoms with E-state index >= 15 is 0 Å². The monoisotopic (exact) mass is 173 g/mol. The summed E-state index contributed by atoms with van der Waals surface area (Å²) >= 11 is 0. The highest BCUT2D eigenvalue weighted by Gasteiger charge is 2.15. The molecule has 1 rings (SSSR count). The highest BCUT2D eigenvalue weighted by Crippen LogP contribution is 2.05. The predicted octanol–water partition coefficient (Wildman–Crippen LogP) is 0.478. The van der Waals surface area contributed by atoms with Crippen molar-refractivity contribution < 1.29 is 9.84 Å². The van der Waals surface area contributed by atoms with Gasteiger partial charge in [-0.15, -0.1) is 0 Å². The molecule has 1 aliphatic heterocycles. The van der Waals surface area contributed by atoms with Gasteiger partial charge >= 0.3 is 0 Å². The number of ether oxygens (including phenoxy) is 1. The quantitative estimate of drug-likeness (QED) is 0.659.